The van der Waals surface area contributed by atoms with Crippen LogP contribution in [0.25, 0.3) is 22.5 Å². The van der Waals surface area contributed by atoms with E-state index in [9.17, 15) is 18.0 Å². The van der Waals surface area contributed by atoms with Crippen molar-refractivity contribution in [2.45, 2.75) is 12.7 Å². The third-order valence-electron chi connectivity index (χ3n) is 5.39. The molecule has 8 nitrogen and oxygen atoms in total. The Labute approximate surface area is 190 Å². The summed E-state index contributed by atoms with van der Waals surface area (Å²) < 4.78 is 43.9. The van der Waals surface area contributed by atoms with E-state index in [0.29, 0.717) is 65.4 Å². The molecule has 5 rings (SSSR count). The maximum Gasteiger partial charge on any atom is 0.407 e. The Morgan fingerprint density at radius 1 is 1.06 bits per heavy atom. The summed E-state index contributed by atoms with van der Waals surface area (Å²) in [5, 5.41) is 2.98. The first-order chi connectivity index (χ1) is 15.7. The van der Waals surface area contributed by atoms with Gasteiger partial charge in [0.15, 0.2) is 5.58 Å². The number of fused-ring (bicyclic) bond motifs is 1. The molecule has 0 aliphatic carbocycles. The normalized spacial score (nSPS) is 14.9. The van der Waals surface area contributed by atoms with Crippen LogP contribution >= 0.6 is 11.6 Å². The maximum absolute atomic E-state index is 12.9. The molecule has 1 aromatic carbocycles. The van der Waals surface area contributed by atoms with Gasteiger partial charge in [-0.25, -0.2) is 4.98 Å². The summed E-state index contributed by atoms with van der Waals surface area (Å²) in [7, 11) is 0. The molecule has 0 bridgehead atoms. The van der Waals surface area contributed by atoms with Gasteiger partial charge in [0, 0.05) is 43.5 Å². The number of carbonyl (C=O) groups excluding carboxylic acids is 1. The molecule has 3 aromatic heterocycles. The summed E-state index contributed by atoms with van der Waals surface area (Å²) in [6, 6.07) is 10.6. The number of halogens is 4. The van der Waals surface area contributed by atoms with Gasteiger partial charge >= 0.3 is 6.18 Å². The third kappa shape index (κ3) is 4.54. The van der Waals surface area contributed by atoms with E-state index in [1.807, 2.05) is 4.90 Å². The molecule has 1 aliphatic rings. The highest BCUT2D eigenvalue weighted by Gasteiger charge is 2.29. The number of alkyl halides is 3. The summed E-state index contributed by atoms with van der Waals surface area (Å²) in [6.07, 6.45) is -2.89. The second-order valence-corrected chi connectivity index (χ2v) is 8.09. The first kappa shape index (κ1) is 21.4. The van der Waals surface area contributed by atoms with Gasteiger partial charge < -0.3 is 14.2 Å². The van der Waals surface area contributed by atoms with Crippen molar-refractivity contribution in [2.75, 3.05) is 31.1 Å². The second kappa shape index (κ2) is 8.14. The first-order valence-corrected chi connectivity index (χ1v) is 10.5. The molecule has 0 radical (unpaired) electrons. The number of nitrogens with one attached hydrogen (secondary N) is 1. The number of carbonyl (C=O) groups is 1. The molecular weight excluding hydrogens is 461 g/mol. The van der Waals surface area contributed by atoms with E-state index in [4.69, 9.17) is 16.0 Å². The lowest BCUT2D eigenvalue weighted by molar-refractivity contribution is -0.143. The van der Waals surface area contributed by atoms with Crippen LogP contribution < -0.4 is 4.90 Å². The van der Waals surface area contributed by atoms with Gasteiger partial charge in [0.05, 0.1) is 5.69 Å². The molecule has 0 atom stereocenters. The van der Waals surface area contributed by atoms with Crippen molar-refractivity contribution in [1.29, 1.82) is 0 Å². The van der Waals surface area contributed by atoms with E-state index in [1.165, 1.54) is 6.20 Å². The number of amides is 1. The SMILES string of the molecule is O=C(c1ccc(-c2cn(CC(F)(F)F)[nH]2)cc1)N1CCN(c2nc3nc(Cl)ccc3o2)CC1. The Kier molecular flexibility index (Phi) is 5.28. The fraction of sp³-hybridized carbons (Fsp3) is 0.286. The number of hydrogen-bond acceptors (Lipinski definition) is 5. The zero-order chi connectivity index (χ0) is 23.2. The van der Waals surface area contributed by atoms with Crippen molar-refractivity contribution in [2.24, 2.45) is 0 Å². The fourth-order valence-corrected chi connectivity index (χ4v) is 3.86. The number of oxazole rings is 1. The predicted octanol–water partition coefficient (Wildman–Crippen LogP) is 4.20. The maximum atomic E-state index is 12.9. The van der Waals surface area contributed by atoms with Gasteiger partial charge in [0.2, 0.25) is 5.65 Å². The third-order valence-corrected chi connectivity index (χ3v) is 5.60. The van der Waals surface area contributed by atoms with E-state index in [-0.39, 0.29) is 5.91 Å². The molecule has 172 valence electrons. The highest BCUT2D eigenvalue weighted by Crippen LogP contribution is 2.25. The number of piperazine rings is 1. The van der Waals surface area contributed by atoms with Crippen molar-refractivity contribution < 1.29 is 22.4 Å². The van der Waals surface area contributed by atoms with Crippen molar-refractivity contribution in [3.05, 3.63) is 53.3 Å². The summed E-state index contributed by atoms with van der Waals surface area (Å²) in [6.45, 7) is 1.03. The number of anilines is 1. The van der Waals surface area contributed by atoms with Gasteiger partial charge in [0.25, 0.3) is 11.9 Å². The monoisotopic (exact) mass is 478 g/mol. The fourth-order valence-electron chi connectivity index (χ4n) is 3.72. The topological polar surface area (TPSA) is 83.2 Å². The van der Waals surface area contributed by atoms with Crippen molar-refractivity contribution in [3.63, 3.8) is 0 Å². The van der Waals surface area contributed by atoms with Crippen LogP contribution in [0.15, 0.2) is 47.0 Å². The molecule has 1 N–H and O–H groups in total. The quantitative estimate of drug-likeness (QED) is 0.444. The lowest BCUT2D eigenvalue weighted by Gasteiger charge is -2.33. The Morgan fingerprint density at radius 2 is 1.76 bits per heavy atom. The number of H-pyrrole nitrogens is 1. The first-order valence-electron chi connectivity index (χ1n) is 10.1. The van der Waals surface area contributed by atoms with Gasteiger partial charge in [-0.05, 0) is 24.3 Å². The average molecular weight is 479 g/mol. The largest absolute Gasteiger partial charge is 0.422 e. The van der Waals surface area contributed by atoms with E-state index in [0.717, 1.165) is 4.68 Å². The lowest BCUT2D eigenvalue weighted by Crippen LogP contribution is -2.48. The van der Waals surface area contributed by atoms with Crippen molar-refractivity contribution in [3.8, 4) is 11.3 Å². The summed E-state index contributed by atoms with van der Waals surface area (Å²) in [5.74, 6) is -0.110. The van der Waals surface area contributed by atoms with Crippen LogP contribution in [-0.4, -0.2) is 62.9 Å². The predicted molar refractivity (Wildman–Crippen MR) is 115 cm³/mol. The summed E-state index contributed by atoms with van der Waals surface area (Å²) >= 11 is 5.89. The number of nitrogens with zero attached hydrogens (tertiary/aromatic N) is 5. The molecule has 33 heavy (non-hydrogen) atoms. The van der Waals surface area contributed by atoms with Gasteiger partial charge in [-0.3, -0.25) is 14.6 Å². The van der Waals surface area contributed by atoms with E-state index in [1.54, 1.807) is 41.3 Å². The van der Waals surface area contributed by atoms with Gasteiger partial charge in [-0.15, -0.1) is 0 Å². The van der Waals surface area contributed by atoms with Gasteiger partial charge in [-0.2, -0.15) is 18.2 Å². The highest BCUT2D eigenvalue weighted by atomic mass is 35.5. The Morgan fingerprint density at radius 3 is 2.42 bits per heavy atom. The molecule has 4 aromatic rings. The Balaban J connectivity index is 1.19. The smallest absolute Gasteiger partial charge is 0.407 e. The Bertz CT molecular complexity index is 1270. The summed E-state index contributed by atoms with van der Waals surface area (Å²) in [4.78, 5) is 25.1. The van der Waals surface area contributed by atoms with Crippen LogP contribution in [-0.2, 0) is 6.54 Å². The number of pyridine rings is 1. The molecule has 1 aliphatic heterocycles. The van der Waals surface area contributed by atoms with Crippen LogP contribution in [0, 0.1) is 0 Å². The van der Waals surface area contributed by atoms with E-state index >= 15 is 0 Å². The van der Waals surface area contributed by atoms with Crippen molar-refractivity contribution in [1.82, 2.24) is 24.6 Å². The van der Waals surface area contributed by atoms with E-state index in [2.05, 4.69) is 15.1 Å². The molecule has 1 fully saturated rings. The number of aromatic nitrogens is 4. The molecule has 1 saturated heterocycles. The van der Waals surface area contributed by atoms with Gasteiger partial charge in [-0.1, -0.05) is 23.7 Å². The molecule has 1 amide bonds. The molecule has 0 saturated carbocycles. The standard InChI is InChI=1S/C21H18ClF3N6O2/c22-17-6-5-16-18(26-17)27-20(33-16)30-9-7-29(8-10-30)19(32)14-3-1-13(2-4-14)15-11-31(28-15)12-21(23,24)25/h1-6,11,28H,7-10,12H2. The summed E-state index contributed by atoms with van der Waals surface area (Å²) in [5.41, 5.74) is 2.78. The van der Waals surface area contributed by atoms with Crippen LogP contribution in [0.4, 0.5) is 19.2 Å². The number of hydrogen-bond donors (Lipinski definition) is 1. The zero-order valence-corrected chi connectivity index (χ0v) is 17.9. The second-order valence-electron chi connectivity index (χ2n) is 7.71. The minimum absolute atomic E-state index is 0.110. The highest BCUT2D eigenvalue weighted by molar-refractivity contribution is 6.29. The minimum atomic E-state index is -4.28. The van der Waals surface area contributed by atoms with Crippen LogP contribution in [0.2, 0.25) is 5.15 Å². The molecule has 4 heterocycles. The lowest BCUT2D eigenvalue weighted by atomic mass is 10.1. The minimum Gasteiger partial charge on any atom is -0.422 e. The molecule has 0 spiro atoms. The number of aromatic amines is 1. The van der Waals surface area contributed by atoms with Gasteiger partial charge in [0.1, 0.15) is 11.7 Å². The number of rotatable bonds is 4. The van der Waals surface area contributed by atoms with Crippen LogP contribution in [0.5, 0.6) is 0 Å². The van der Waals surface area contributed by atoms with Crippen LogP contribution in [0.1, 0.15) is 10.4 Å². The Hall–Kier alpha value is -3.47. The number of benzene rings is 1. The van der Waals surface area contributed by atoms with Crippen LogP contribution in [0.3, 0.4) is 0 Å². The molecule has 12 heteroatoms. The molecule has 0 unspecified atom stereocenters. The average Bonchev–Trinajstić information content (AvgIpc) is 3.18. The zero-order valence-electron chi connectivity index (χ0n) is 17.1. The van der Waals surface area contributed by atoms with E-state index < -0.39 is 12.7 Å². The molecular formula is C21H18ClF3N6O2. The van der Waals surface area contributed by atoms with Crippen molar-refractivity contribution >= 4 is 34.8 Å².